The Labute approximate surface area is 294 Å². The molecular formula is C47H29N3O. The summed E-state index contributed by atoms with van der Waals surface area (Å²) < 4.78 is 6.70. The fourth-order valence-corrected chi connectivity index (χ4v) is 7.23. The molecule has 0 saturated heterocycles. The van der Waals surface area contributed by atoms with Crippen LogP contribution in [-0.4, -0.2) is 15.0 Å². The number of fused-ring (bicyclic) bond motifs is 6. The molecular weight excluding hydrogens is 623 g/mol. The minimum atomic E-state index is 0.599. The number of nitrogens with zero attached hydrogens (tertiary/aromatic N) is 3. The molecule has 0 bridgehead atoms. The maximum absolute atomic E-state index is 6.70. The van der Waals surface area contributed by atoms with E-state index in [4.69, 9.17) is 19.4 Å². The molecule has 0 unspecified atom stereocenters. The van der Waals surface area contributed by atoms with Crippen molar-refractivity contribution in [3.05, 3.63) is 176 Å². The molecule has 0 fully saturated rings. The second-order valence-corrected chi connectivity index (χ2v) is 12.8. The summed E-state index contributed by atoms with van der Waals surface area (Å²) in [5.41, 5.74) is 8.84. The van der Waals surface area contributed by atoms with Crippen LogP contribution in [0.3, 0.4) is 0 Å². The Kier molecular flexibility index (Phi) is 6.78. The van der Waals surface area contributed by atoms with Gasteiger partial charge in [0, 0.05) is 33.0 Å². The van der Waals surface area contributed by atoms with Gasteiger partial charge in [0.05, 0.1) is 0 Å². The minimum absolute atomic E-state index is 0.599. The third kappa shape index (κ3) is 5.04. The Hall–Kier alpha value is -6.91. The topological polar surface area (TPSA) is 51.8 Å². The number of benzene rings is 8. The van der Waals surface area contributed by atoms with Gasteiger partial charge >= 0.3 is 0 Å². The molecule has 0 saturated carbocycles. The maximum Gasteiger partial charge on any atom is 0.164 e. The largest absolute Gasteiger partial charge is 0.455 e. The van der Waals surface area contributed by atoms with Crippen molar-refractivity contribution in [2.75, 3.05) is 0 Å². The van der Waals surface area contributed by atoms with E-state index in [9.17, 15) is 0 Å². The lowest BCUT2D eigenvalue weighted by atomic mass is 9.96. The van der Waals surface area contributed by atoms with Crippen molar-refractivity contribution in [1.29, 1.82) is 0 Å². The van der Waals surface area contributed by atoms with Crippen molar-refractivity contribution in [1.82, 2.24) is 15.0 Å². The summed E-state index contributed by atoms with van der Waals surface area (Å²) in [7, 11) is 0. The lowest BCUT2D eigenvalue weighted by molar-refractivity contribution is 0.670. The normalized spacial score (nSPS) is 11.5. The standard InChI is InChI=1S/C47H29N3O/c1-3-11-30(12-4-1)31-21-24-34(25-22-31)46-48-45(33-14-5-2-6-15-33)49-47(50-46)41-19-10-20-42-43(41)40-18-9-17-39(44(40)51-42)36-27-28-38-35(29-36)26-23-32-13-7-8-16-37(32)38/h1-29H. The van der Waals surface area contributed by atoms with Gasteiger partial charge < -0.3 is 4.42 Å². The summed E-state index contributed by atoms with van der Waals surface area (Å²) in [5.74, 6) is 1.84. The van der Waals surface area contributed by atoms with Gasteiger partial charge in [-0.15, -0.1) is 0 Å². The first-order chi connectivity index (χ1) is 25.3. The molecule has 4 heteroatoms. The van der Waals surface area contributed by atoms with E-state index in [1.807, 2.05) is 48.5 Å². The zero-order valence-electron chi connectivity index (χ0n) is 27.5. The second kappa shape index (κ2) is 11.9. The van der Waals surface area contributed by atoms with E-state index in [1.165, 1.54) is 27.1 Å². The van der Waals surface area contributed by atoms with Gasteiger partial charge in [-0.05, 0) is 50.4 Å². The van der Waals surface area contributed by atoms with Gasteiger partial charge in [-0.1, -0.05) is 164 Å². The van der Waals surface area contributed by atoms with Crippen LogP contribution in [0.4, 0.5) is 0 Å². The number of aromatic nitrogens is 3. The van der Waals surface area contributed by atoms with Crippen LogP contribution in [0.1, 0.15) is 0 Å². The fourth-order valence-electron chi connectivity index (χ4n) is 7.23. The Balaban J connectivity index is 1.13. The molecule has 0 aliphatic rings. The highest BCUT2D eigenvalue weighted by atomic mass is 16.3. The van der Waals surface area contributed by atoms with Gasteiger partial charge in [-0.3, -0.25) is 0 Å². The Bertz CT molecular complexity index is 2900. The van der Waals surface area contributed by atoms with E-state index in [2.05, 4.69) is 127 Å². The van der Waals surface area contributed by atoms with Crippen molar-refractivity contribution in [3.8, 4) is 56.4 Å². The zero-order valence-corrected chi connectivity index (χ0v) is 27.5. The molecule has 10 aromatic rings. The lowest BCUT2D eigenvalue weighted by Gasteiger charge is -2.10. The molecule has 0 radical (unpaired) electrons. The fraction of sp³-hybridized carbons (Fsp3) is 0. The number of furan rings is 1. The molecule has 238 valence electrons. The first kappa shape index (κ1) is 29.0. The monoisotopic (exact) mass is 651 g/mol. The second-order valence-electron chi connectivity index (χ2n) is 12.8. The SMILES string of the molecule is c1ccc(-c2ccc(-c3nc(-c4ccccc4)nc(-c4cccc5oc6c(-c7ccc8c(ccc9ccccc98)c7)cccc6c45)n3)cc2)cc1. The van der Waals surface area contributed by atoms with Crippen LogP contribution in [0.2, 0.25) is 0 Å². The van der Waals surface area contributed by atoms with E-state index in [0.717, 1.165) is 55.3 Å². The summed E-state index contributed by atoms with van der Waals surface area (Å²) in [6.45, 7) is 0. The highest BCUT2D eigenvalue weighted by molar-refractivity contribution is 6.15. The smallest absolute Gasteiger partial charge is 0.164 e. The number of hydrogen-bond donors (Lipinski definition) is 0. The van der Waals surface area contributed by atoms with Crippen molar-refractivity contribution < 1.29 is 4.42 Å². The van der Waals surface area contributed by atoms with Gasteiger partial charge in [-0.2, -0.15) is 0 Å². The Morgan fingerprint density at radius 1 is 0.333 bits per heavy atom. The van der Waals surface area contributed by atoms with Gasteiger partial charge in [0.1, 0.15) is 11.2 Å². The van der Waals surface area contributed by atoms with E-state index in [0.29, 0.717) is 17.5 Å². The molecule has 0 aliphatic carbocycles. The zero-order chi connectivity index (χ0) is 33.7. The molecule has 2 heterocycles. The molecule has 0 atom stereocenters. The molecule has 0 amide bonds. The first-order valence-electron chi connectivity index (χ1n) is 17.1. The van der Waals surface area contributed by atoms with E-state index in [1.54, 1.807) is 0 Å². The maximum atomic E-state index is 6.70. The van der Waals surface area contributed by atoms with Crippen LogP contribution in [0.5, 0.6) is 0 Å². The molecule has 4 nitrogen and oxygen atoms in total. The van der Waals surface area contributed by atoms with Crippen LogP contribution >= 0.6 is 0 Å². The van der Waals surface area contributed by atoms with Crippen LogP contribution < -0.4 is 0 Å². The number of rotatable bonds is 5. The molecule has 0 aliphatic heterocycles. The average molecular weight is 652 g/mol. The average Bonchev–Trinajstić information content (AvgIpc) is 3.60. The summed E-state index contributed by atoms with van der Waals surface area (Å²) in [5, 5.41) is 6.94. The third-order valence-corrected chi connectivity index (χ3v) is 9.74. The van der Waals surface area contributed by atoms with Crippen LogP contribution in [0.15, 0.2) is 180 Å². The number of para-hydroxylation sites is 1. The molecule has 0 spiro atoms. The predicted molar refractivity (Wildman–Crippen MR) is 209 cm³/mol. The van der Waals surface area contributed by atoms with E-state index >= 15 is 0 Å². The highest BCUT2D eigenvalue weighted by Gasteiger charge is 2.20. The molecule has 10 rings (SSSR count). The summed E-state index contributed by atoms with van der Waals surface area (Å²) >= 11 is 0. The van der Waals surface area contributed by atoms with Crippen molar-refractivity contribution in [3.63, 3.8) is 0 Å². The van der Waals surface area contributed by atoms with Crippen molar-refractivity contribution in [2.24, 2.45) is 0 Å². The Morgan fingerprint density at radius 2 is 0.882 bits per heavy atom. The lowest BCUT2D eigenvalue weighted by Crippen LogP contribution is -2.00. The van der Waals surface area contributed by atoms with Crippen LogP contribution in [0, 0.1) is 0 Å². The van der Waals surface area contributed by atoms with E-state index in [-0.39, 0.29) is 0 Å². The Morgan fingerprint density at radius 3 is 1.69 bits per heavy atom. The summed E-state index contributed by atoms with van der Waals surface area (Å²) in [4.78, 5) is 15.2. The summed E-state index contributed by atoms with van der Waals surface area (Å²) in [6.07, 6.45) is 0. The van der Waals surface area contributed by atoms with Crippen molar-refractivity contribution in [2.45, 2.75) is 0 Å². The van der Waals surface area contributed by atoms with Crippen LogP contribution in [-0.2, 0) is 0 Å². The van der Waals surface area contributed by atoms with Crippen molar-refractivity contribution >= 4 is 43.5 Å². The third-order valence-electron chi connectivity index (χ3n) is 9.74. The van der Waals surface area contributed by atoms with Gasteiger partial charge in [0.25, 0.3) is 0 Å². The number of hydrogen-bond acceptors (Lipinski definition) is 4. The molecule has 8 aromatic carbocycles. The minimum Gasteiger partial charge on any atom is -0.455 e. The molecule has 2 aromatic heterocycles. The van der Waals surface area contributed by atoms with Gasteiger partial charge in [0.2, 0.25) is 0 Å². The van der Waals surface area contributed by atoms with Gasteiger partial charge in [-0.25, -0.2) is 15.0 Å². The van der Waals surface area contributed by atoms with Crippen LogP contribution in [0.25, 0.3) is 99.9 Å². The highest BCUT2D eigenvalue weighted by Crippen LogP contribution is 2.41. The summed E-state index contributed by atoms with van der Waals surface area (Å²) in [6, 6.07) is 61.0. The first-order valence-corrected chi connectivity index (χ1v) is 17.1. The quantitative estimate of drug-likeness (QED) is 0.174. The molecule has 0 N–H and O–H groups in total. The predicted octanol–water partition coefficient (Wildman–Crippen LogP) is 12.4. The van der Waals surface area contributed by atoms with E-state index < -0.39 is 0 Å². The molecule has 51 heavy (non-hydrogen) atoms. The van der Waals surface area contributed by atoms with Gasteiger partial charge in [0.15, 0.2) is 17.5 Å².